The molecular weight excluding hydrogens is 428 g/mol. The third kappa shape index (κ3) is 3.79. The molecule has 0 aromatic carbocycles. The van der Waals surface area contributed by atoms with E-state index in [0.717, 1.165) is 0 Å². The summed E-state index contributed by atoms with van der Waals surface area (Å²) in [4.78, 5) is 10.5. The van der Waals surface area contributed by atoms with Gasteiger partial charge >= 0.3 is 36.0 Å². The van der Waals surface area contributed by atoms with Crippen molar-refractivity contribution in [3.05, 3.63) is 0 Å². The molecule has 1 nitrogen and oxygen atoms in total. The van der Waals surface area contributed by atoms with Gasteiger partial charge in [-0.15, -0.1) is 0 Å². The molecule has 0 heterocycles. The Morgan fingerprint density at radius 2 is 0.692 bits per heavy atom. The number of hydrogen-bond acceptors (Lipinski definition) is 1. The van der Waals surface area contributed by atoms with Gasteiger partial charge in [0.2, 0.25) is 0 Å². The first-order chi connectivity index (χ1) is 11.0. The van der Waals surface area contributed by atoms with E-state index in [-0.39, 0.29) is 0 Å². The highest BCUT2D eigenvalue weighted by atomic mass is 19.4. The van der Waals surface area contributed by atoms with Crippen LogP contribution in [0.15, 0.2) is 0 Å². The van der Waals surface area contributed by atoms with E-state index in [0.29, 0.717) is 0 Å². The van der Waals surface area contributed by atoms with Crippen molar-refractivity contribution in [3.63, 3.8) is 0 Å². The first kappa shape index (κ1) is 24.6. The predicted molar refractivity (Wildman–Crippen MR) is 46.7 cm³/mol. The molecule has 2 atom stereocenters. The molecule has 0 spiro atoms. The Hall–Kier alpha value is -1.45. The van der Waals surface area contributed by atoms with Crippen LogP contribution in [0.4, 0.5) is 70.2 Å². The van der Waals surface area contributed by atoms with Crippen molar-refractivity contribution in [2.45, 2.75) is 48.4 Å². The van der Waals surface area contributed by atoms with Gasteiger partial charge in [-0.2, -0.15) is 61.5 Å². The van der Waals surface area contributed by atoms with Crippen LogP contribution in [0, 0.1) is 0 Å². The Labute approximate surface area is 130 Å². The van der Waals surface area contributed by atoms with Crippen molar-refractivity contribution in [2.75, 3.05) is 0 Å². The van der Waals surface area contributed by atoms with Crippen LogP contribution < -0.4 is 0 Å². The second kappa shape index (κ2) is 6.31. The minimum absolute atomic E-state index is 5.25. The smallest absolute Gasteiger partial charge is 0.286 e. The van der Waals surface area contributed by atoms with Crippen molar-refractivity contribution in [1.82, 2.24) is 0 Å². The van der Waals surface area contributed by atoms with Crippen LogP contribution in [0.25, 0.3) is 0 Å². The van der Waals surface area contributed by atoms with E-state index >= 15 is 0 Å². The van der Waals surface area contributed by atoms with E-state index in [1.807, 2.05) is 0 Å². The summed E-state index contributed by atoms with van der Waals surface area (Å²) in [7, 11) is 0. The van der Waals surface area contributed by atoms with Gasteiger partial charge in [0, 0.05) is 0 Å². The Morgan fingerprint density at radius 1 is 0.500 bits per heavy atom. The normalized spacial score (nSPS) is 17.8. The molecule has 0 amide bonds. The summed E-state index contributed by atoms with van der Waals surface area (Å²) < 4.78 is 198. The lowest BCUT2D eigenvalue weighted by atomic mass is 9.93. The fourth-order valence-electron chi connectivity index (χ4n) is 1.23. The summed E-state index contributed by atoms with van der Waals surface area (Å²) in [6.07, 6.45) is -25.9. The summed E-state index contributed by atoms with van der Waals surface area (Å²) in [5.41, 5.74) is 0. The van der Waals surface area contributed by atoms with Crippen molar-refractivity contribution in [2.24, 2.45) is 0 Å². The number of alkyl halides is 16. The molecular formula is C9H2F16O. The molecule has 0 rings (SSSR count). The molecule has 0 aliphatic carbocycles. The quantitative estimate of drug-likeness (QED) is 0.549. The van der Waals surface area contributed by atoms with Gasteiger partial charge < -0.3 is 0 Å². The van der Waals surface area contributed by atoms with E-state index < -0.39 is 54.2 Å². The van der Waals surface area contributed by atoms with Crippen molar-refractivity contribution in [3.8, 4) is 0 Å². The molecule has 0 aliphatic rings. The van der Waals surface area contributed by atoms with Crippen molar-refractivity contribution < 1.29 is 75.0 Å². The lowest BCUT2D eigenvalue weighted by molar-refractivity contribution is -0.320. The highest BCUT2D eigenvalue weighted by Crippen LogP contribution is 2.51. The van der Waals surface area contributed by atoms with E-state index in [4.69, 9.17) is 0 Å². The topological polar surface area (TPSA) is 17.1 Å². The molecule has 0 aromatic heterocycles. The van der Waals surface area contributed by atoms with Crippen molar-refractivity contribution >= 4 is 5.78 Å². The summed E-state index contributed by atoms with van der Waals surface area (Å²) in [5.74, 6) is -35.3. The Balaban J connectivity index is 6.16. The molecule has 0 aromatic rings. The van der Waals surface area contributed by atoms with Gasteiger partial charge in [0.25, 0.3) is 18.1 Å². The minimum atomic E-state index is -7.60. The maximum atomic E-state index is 12.9. The molecule has 0 saturated heterocycles. The summed E-state index contributed by atoms with van der Waals surface area (Å²) in [6, 6.07) is 0. The Kier molecular flexibility index (Phi) is 5.96. The second-order valence-corrected chi connectivity index (χ2v) is 4.53. The number of ketones is 1. The Morgan fingerprint density at radius 3 is 0.846 bits per heavy atom. The summed E-state index contributed by atoms with van der Waals surface area (Å²) >= 11 is 0. The zero-order chi connectivity index (χ0) is 21.7. The van der Waals surface area contributed by atoms with Crippen LogP contribution in [0.2, 0.25) is 0 Å². The third-order valence-electron chi connectivity index (χ3n) is 2.62. The van der Waals surface area contributed by atoms with Crippen LogP contribution >= 0.6 is 0 Å². The van der Waals surface area contributed by atoms with E-state index in [9.17, 15) is 75.0 Å². The fraction of sp³-hybridized carbons (Fsp3) is 0.889. The van der Waals surface area contributed by atoms with Gasteiger partial charge in [-0.05, 0) is 0 Å². The molecule has 2 unspecified atom stereocenters. The van der Waals surface area contributed by atoms with Crippen LogP contribution in [0.5, 0.6) is 0 Å². The molecule has 0 saturated carbocycles. The first-order valence-corrected chi connectivity index (χ1v) is 5.44. The summed E-state index contributed by atoms with van der Waals surface area (Å²) in [5, 5.41) is 0. The number of Topliss-reactive ketones (excluding diaryl/α,β-unsaturated/α-hetero) is 1. The lowest BCUT2D eigenvalue weighted by Gasteiger charge is -2.34. The maximum Gasteiger partial charge on any atom is 0.425 e. The Bertz CT molecular complexity index is 481. The van der Waals surface area contributed by atoms with Crippen LogP contribution in [-0.2, 0) is 4.79 Å². The van der Waals surface area contributed by atoms with Gasteiger partial charge in [-0.25, -0.2) is 8.78 Å². The highest BCUT2D eigenvalue weighted by molar-refractivity contribution is 5.94. The molecule has 26 heavy (non-hydrogen) atoms. The van der Waals surface area contributed by atoms with Gasteiger partial charge in [-0.1, -0.05) is 0 Å². The van der Waals surface area contributed by atoms with E-state index in [1.165, 1.54) is 0 Å². The largest absolute Gasteiger partial charge is 0.425 e. The van der Waals surface area contributed by atoms with Crippen LogP contribution in [-0.4, -0.2) is 54.2 Å². The zero-order valence-electron chi connectivity index (χ0n) is 11.1. The number of hydrogen-bond donors (Lipinski definition) is 0. The lowest BCUT2D eigenvalue weighted by Crippen LogP contribution is -2.66. The number of carbonyl (C=O) groups excluding carboxylic acids is 1. The number of carbonyl (C=O) groups is 1. The monoisotopic (exact) mass is 430 g/mol. The molecule has 17 heteroatoms. The molecule has 0 bridgehead atoms. The average molecular weight is 430 g/mol. The van der Waals surface area contributed by atoms with Gasteiger partial charge in [0.1, 0.15) is 0 Å². The number of halogens is 16. The van der Waals surface area contributed by atoms with Crippen molar-refractivity contribution in [1.29, 1.82) is 0 Å². The molecule has 156 valence electrons. The van der Waals surface area contributed by atoms with Crippen LogP contribution in [0.3, 0.4) is 0 Å². The predicted octanol–water partition coefficient (Wildman–Crippen LogP) is 4.90. The summed E-state index contributed by atoms with van der Waals surface area (Å²) in [6.45, 7) is 0. The molecule has 0 fully saturated rings. The highest BCUT2D eigenvalue weighted by Gasteiger charge is 2.82. The van der Waals surface area contributed by atoms with Gasteiger partial charge in [0.15, 0.2) is 0 Å². The molecule has 0 N–H and O–H groups in total. The van der Waals surface area contributed by atoms with Gasteiger partial charge in [0.05, 0.1) is 0 Å². The van der Waals surface area contributed by atoms with Gasteiger partial charge in [-0.3, -0.25) is 4.79 Å². The molecule has 0 radical (unpaired) electrons. The minimum Gasteiger partial charge on any atom is -0.286 e. The standard InChI is InChI=1S/C9H2F16O/c10-1(8(20,21)22)4(12,13)6(16,17)3(26)7(18,19)5(14,15)2(11)9(23,24)25/h1-2H. The third-order valence-corrected chi connectivity index (χ3v) is 2.62. The van der Waals surface area contributed by atoms with E-state index in [1.54, 1.807) is 0 Å². The zero-order valence-corrected chi connectivity index (χ0v) is 11.1. The molecule has 0 aliphatic heterocycles. The van der Waals surface area contributed by atoms with Crippen LogP contribution in [0.1, 0.15) is 0 Å². The average Bonchev–Trinajstić information content (AvgIpc) is 2.41. The maximum absolute atomic E-state index is 12.9. The van der Waals surface area contributed by atoms with E-state index in [2.05, 4.69) is 0 Å². The SMILES string of the molecule is O=C(C(F)(F)C(F)(F)C(F)C(F)(F)F)C(F)(F)C(F)(F)C(F)C(F)(F)F. The first-order valence-electron chi connectivity index (χ1n) is 5.44. The number of rotatable bonds is 6. The fourth-order valence-corrected chi connectivity index (χ4v) is 1.23. The second-order valence-electron chi connectivity index (χ2n) is 4.53.